The molecule has 1 fully saturated rings. The molecule has 2 aromatic heterocycles. The first-order valence-corrected chi connectivity index (χ1v) is 9.44. The van der Waals surface area contributed by atoms with E-state index in [4.69, 9.17) is 4.74 Å². The summed E-state index contributed by atoms with van der Waals surface area (Å²) in [5, 5.41) is 29.3. The summed E-state index contributed by atoms with van der Waals surface area (Å²) >= 11 is 0. The van der Waals surface area contributed by atoms with E-state index in [9.17, 15) is 24.9 Å². The van der Waals surface area contributed by atoms with Crippen molar-refractivity contribution in [2.75, 3.05) is 6.61 Å². The second-order valence-electron chi connectivity index (χ2n) is 7.06. The molecule has 0 spiro atoms. The maximum absolute atomic E-state index is 12.9. The summed E-state index contributed by atoms with van der Waals surface area (Å²) in [5.74, 6) is 0. The Hall–Kier alpha value is -3.11. The van der Waals surface area contributed by atoms with E-state index >= 15 is 0 Å². The zero-order chi connectivity index (χ0) is 21.3. The maximum atomic E-state index is 12.9. The number of hydrogen-bond acceptors (Lipinski definition) is 7. The second kappa shape index (κ2) is 8.33. The zero-order valence-corrected chi connectivity index (χ0v) is 15.9. The smallest absolute Gasteiger partial charge is 0.333 e. The monoisotopic (exact) mass is 411 g/mol. The molecule has 3 heterocycles. The maximum Gasteiger partial charge on any atom is 0.333 e. The summed E-state index contributed by atoms with van der Waals surface area (Å²) < 4.78 is 7.40. The minimum atomic E-state index is -1.42. The van der Waals surface area contributed by atoms with Crippen LogP contribution in [0.15, 0.2) is 70.5 Å². The van der Waals surface area contributed by atoms with Gasteiger partial charge in [0.25, 0.3) is 5.56 Å². The van der Waals surface area contributed by atoms with Crippen molar-refractivity contribution in [1.82, 2.24) is 14.1 Å². The Morgan fingerprint density at radius 3 is 2.37 bits per heavy atom. The van der Waals surface area contributed by atoms with Crippen LogP contribution in [-0.4, -0.2) is 54.4 Å². The van der Waals surface area contributed by atoms with Gasteiger partial charge in [-0.25, -0.2) is 4.79 Å². The molecule has 4 atom stereocenters. The molecule has 0 aliphatic carbocycles. The van der Waals surface area contributed by atoms with Gasteiger partial charge in [-0.1, -0.05) is 36.4 Å². The zero-order valence-electron chi connectivity index (χ0n) is 15.9. The van der Waals surface area contributed by atoms with Crippen LogP contribution >= 0.6 is 0 Å². The number of aromatic nitrogens is 3. The number of aliphatic hydroxyl groups excluding tert-OH is 3. The topological polar surface area (TPSA) is 127 Å². The predicted molar refractivity (Wildman–Crippen MR) is 107 cm³/mol. The number of aliphatic hydroxyl groups is 3. The Morgan fingerprint density at radius 2 is 1.73 bits per heavy atom. The summed E-state index contributed by atoms with van der Waals surface area (Å²) in [6, 6.07) is 14.4. The van der Waals surface area contributed by atoms with Crippen LogP contribution < -0.4 is 11.2 Å². The predicted octanol–water partition coefficient (Wildman–Crippen LogP) is -0.268. The van der Waals surface area contributed by atoms with Crippen LogP contribution in [0.4, 0.5) is 0 Å². The van der Waals surface area contributed by atoms with E-state index in [1.165, 1.54) is 12.3 Å². The van der Waals surface area contributed by atoms with Crippen molar-refractivity contribution in [3.63, 3.8) is 0 Å². The molecule has 0 bridgehead atoms. The highest BCUT2D eigenvalue weighted by Crippen LogP contribution is 2.27. The number of pyridine rings is 1. The van der Waals surface area contributed by atoms with Crippen molar-refractivity contribution in [2.45, 2.75) is 31.1 Å². The van der Waals surface area contributed by atoms with Gasteiger partial charge in [-0.15, -0.1) is 0 Å². The van der Waals surface area contributed by atoms with Gasteiger partial charge in [0.05, 0.1) is 18.8 Å². The van der Waals surface area contributed by atoms with E-state index < -0.39 is 42.4 Å². The third-order valence-electron chi connectivity index (χ3n) is 5.14. The van der Waals surface area contributed by atoms with Gasteiger partial charge in [-0.2, -0.15) is 0 Å². The molecule has 9 heteroatoms. The van der Waals surface area contributed by atoms with E-state index in [1.807, 2.05) is 36.4 Å². The number of benzene rings is 1. The first-order chi connectivity index (χ1) is 14.5. The molecular weight excluding hydrogens is 390 g/mol. The molecule has 3 N–H and O–H groups in total. The van der Waals surface area contributed by atoms with Crippen LogP contribution in [0.5, 0.6) is 0 Å². The summed E-state index contributed by atoms with van der Waals surface area (Å²) in [4.78, 5) is 29.5. The molecule has 3 unspecified atom stereocenters. The van der Waals surface area contributed by atoms with Gasteiger partial charge in [-0.3, -0.25) is 18.9 Å². The Morgan fingerprint density at radius 1 is 0.967 bits per heavy atom. The van der Waals surface area contributed by atoms with Crippen molar-refractivity contribution in [2.24, 2.45) is 0 Å². The van der Waals surface area contributed by atoms with Crippen molar-refractivity contribution >= 4 is 0 Å². The summed E-state index contributed by atoms with van der Waals surface area (Å²) in [6.45, 7) is -0.580. The van der Waals surface area contributed by atoms with Gasteiger partial charge >= 0.3 is 5.69 Å². The Balaban J connectivity index is 1.62. The molecule has 1 saturated heterocycles. The van der Waals surface area contributed by atoms with Crippen LogP contribution in [0.3, 0.4) is 0 Å². The van der Waals surface area contributed by atoms with Crippen LogP contribution in [0, 0.1) is 0 Å². The lowest BCUT2D eigenvalue weighted by atomic mass is 10.1. The quantitative estimate of drug-likeness (QED) is 0.528. The van der Waals surface area contributed by atoms with Crippen LogP contribution in [0.1, 0.15) is 11.9 Å². The average Bonchev–Trinajstić information content (AvgIpc) is 3.06. The third kappa shape index (κ3) is 3.71. The molecule has 3 aromatic rings. The number of rotatable bonds is 5. The molecule has 1 aliphatic rings. The number of ether oxygens (including phenoxy) is 1. The first-order valence-electron chi connectivity index (χ1n) is 9.44. The molecular formula is C21H21N3O6. The summed E-state index contributed by atoms with van der Waals surface area (Å²) in [7, 11) is 0. The van der Waals surface area contributed by atoms with Gasteiger partial charge in [-0.05, 0) is 11.6 Å². The molecule has 0 amide bonds. The number of nitrogens with zero attached hydrogens (tertiary/aromatic N) is 3. The average molecular weight is 411 g/mol. The third-order valence-corrected chi connectivity index (χ3v) is 5.14. The Labute approximate surface area is 171 Å². The minimum Gasteiger partial charge on any atom is -0.394 e. The van der Waals surface area contributed by atoms with Crippen molar-refractivity contribution < 1.29 is 20.1 Å². The van der Waals surface area contributed by atoms with E-state index in [-0.39, 0.29) is 6.54 Å². The highest BCUT2D eigenvalue weighted by Gasteiger charge is 2.43. The fourth-order valence-electron chi connectivity index (χ4n) is 3.46. The highest BCUT2D eigenvalue weighted by atomic mass is 16.6. The van der Waals surface area contributed by atoms with Crippen molar-refractivity contribution in [3.8, 4) is 11.1 Å². The van der Waals surface area contributed by atoms with Gasteiger partial charge in [0.15, 0.2) is 6.23 Å². The lowest BCUT2D eigenvalue weighted by Gasteiger charge is -2.18. The van der Waals surface area contributed by atoms with Gasteiger partial charge in [0, 0.05) is 24.0 Å². The van der Waals surface area contributed by atoms with E-state index in [0.29, 0.717) is 5.69 Å². The molecule has 0 radical (unpaired) electrons. The van der Waals surface area contributed by atoms with E-state index in [2.05, 4.69) is 4.98 Å². The lowest BCUT2D eigenvalue weighted by Crippen LogP contribution is -2.43. The van der Waals surface area contributed by atoms with E-state index in [0.717, 1.165) is 20.3 Å². The Kier molecular flexibility index (Phi) is 5.60. The highest BCUT2D eigenvalue weighted by molar-refractivity contribution is 5.62. The molecule has 9 nitrogen and oxygen atoms in total. The molecule has 30 heavy (non-hydrogen) atoms. The number of hydrogen-bond donors (Lipinski definition) is 3. The fraction of sp³-hybridized carbons (Fsp3) is 0.286. The summed E-state index contributed by atoms with van der Waals surface area (Å²) in [6.07, 6.45) is -2.14. The van der Waals surface area contributed by atoms with Gasteiger partial charge < -0.3 is 20.1 Å². The molecule has 1 aliphatic heterocycles. The first kappa shape index (κ1) is 20.2. The van der Waals surface area contributed by atoms with Gasteiger partial charge in [0.2, 0.25) is 0 Å². The molecule has 1 aromatic carbocycles. The Bertz CT molecular complexity index is 1130. The lowest BCUT2D eigenvalue weighted by molar-refractivity contribution is -0.0555. The van der Waals surface area contributed by atoms with Crippen LogP contribution in [-0.2, 0) is 11.3 Å². The minimum absolute atomic E-state index is 0.0671. The molecule has 156 valence electrons. The SMILES string of the molecule is O=c1ccn(C2O[C@H](CO)C(O)C2O)c(=O)n1Cc1ccc(-c2ccccc2)cn1. The fourth-order valence-corrected chi connectivity index (χ4v) is 3.46. The van der Waals surface area contributed by atoms with Crippen molar-refractivity contribution in [3.05, 3.63) is 87.5 Å². The molecule has 0 saturated carbocycles. The summed E-state index contributed by atoms with van der Waals surface area (Å²) in [5.41, 5.74) is 1.17. The standard InChI is InChI=1S/C21H21N3O6/c25-12-16-18(27)19(28)20(30-16)23-9-8-17(26)24(21(23)29)11-15-7-6-14(10-22-15)13-4-2-1-3-5-13/h1-10,16,18-20,25,27-28H,11-12H2/t16-,18?,19?,20?/m1/s1. The van der Waals surface area contributed by atoms with Crippen LogP contribution in [0.2, 0.25) is 0 Å². The normalized spacial score (nSPS) is 23.6. The van der Waals surface area contributed by atoms with Crippen LogP contribution in [0.25, 0.3) is 11.1 Å². The second-order valence-corrected chi connectivity index (χ2v) is 7.06. The van der Waals surface area contributed by atoms with E-state index in [1.54, 1.807) is 12.3 Å². The van der Waals surface area contributed by atoms with Crippen molar-refractivity contribution in [1.29, 1.82) is 0 Å². The molecule has 4 rings (SSSR count). The largest absolute Gasteiger partial charge is 0.394 e. The van der Waals surface area contributed by atoms with Gasteiger partial charge in [0.1, 0.15) is 18.3 Å².